The van der Waals surface area contributed by atoms with Gasteiger partial charge in [0.25, 0.3) is 0 Å². The van der Waals surface area contributed by atoms with Crippen LogP contribution < -0.4 is 9.64 Å². The van der Waals surface area contributed by atoms with Crippen molar-refractivity contribution in [2.24, 2.45) is 0 Å². The Labute approximate surface area is 178 Å². The minimum absolute atomic E-state index is 0.236. The fraction of sp³-hybridized carbons (Fsp3) is 0.375. The van der Waals surface area contributed by atoms with Crippen LogP contribution in [0, 0.1) is 6.92 Å². The summed E-state index contributed by atoms with van der Waals surface area (Å²) in [5.74, 6) is 1.04. The Hall–Kier alpha value is -2.30. The van der Waals surface area contributed by atoms with E-state index in [0.717, 1.165) is 55.5 Å². The van der Waals surface area contributed by atoms with Gasteiger partial charge in [-0.25, -0.2) is 0 Å². The van der Waals surface area contributed by atoms with Crippen LogP contribution in [-0.4, -0.2) is 50.1 Å². The van der Waals surface area contributed by atoms with Gasteiger partial charge in [0.1, 0.15) is 5.75 Å². The number of nitrogens with zero attached hydrogens (tertiary/aromatic N) is 1. The molecule has 0 spiro atoms. The summed E-state index contributed by atoms with van der Waals surface area (Å²) >= 11 is 6.02. The van der Waals surface area contributed by atoms with Gasteiger partial charge in [-0.3, -0.25) is 4.79 Å². The Morgan fingerprint density at radius 1 is 1.17 bits per heavy atom. The number of halogens is 1. The summed E-state index contributed by atoms with van der Waals surface area (Å²) in [6, 6.07) is 16.0. The predicted molar refractivity (Wildman–Crippen MR) is 119 cm³/mol. The average molecular weight is 414 g/mol. The van der Waals surface area contributed by atoms with Crippen molar-refractivity contribution in [3.63, 3.8) is 0 Å². The van der Waals surface area contributed by atoms with Crippen LogP contribution in [0.25, 0.3) is 6.08 Å². The van der Waals surface area contributed by atoms with E-state index in [2.05, 4.69) is 36.4 Å². The lowest BCUT2D eigenvalue weighted by Gasteiger charge is -2.31. The molecule has 0 aliphatic carbocycles. The van der Waals surface area contributed by atoms with E-state index >= 15 is 0 Å². The summed E-state index contributed by atoms with van der Waals surface area (Å²) in [5, 5.41) is 0.740. The third kappa shape index (κ3) is 6.91. The van der Waals surface area contributed by atoms with E-state index in [4.69, 9.17) is 16.3 Å². The number of carbonyl (C=O) groups excluding carboxylic acids is 1. The summed E-state index contributed by atoms with van der Waals surface area (Å²) in [6.45, 7) is 7.19. The van der Waals surface area contributed by atoms with E-state index in [-0.39, 0.29) is 5.91 Å². The lowest BCUT2D eigenvalue weighted by atomic mass is 10.2. The van der Waals surface area contributed by atoms with Crippen LogP contribution in [0.2, 0.25) is 5.02 Å². The molecule has 2 aromatic carbocycles. The molecule has 154 valence electrons. The second kappa shape index (κ2) is 11.0. The Balaban J connectivity index is 1.31. The zero-order valence-corrected chi connectivity index (χ0v) is 17.8. The molecule has 0 saturated carbocycles. The van der Waals surface area contributed by atoms with Crippen molar-refractivity contribution in [3.8, 4) is 5.75 Å². The zero-order valence-electron chi connectivity index (χ0n) is 17.1. The Morgan fingerprint density at radius 2 is 1.93 bits per heavy atom. The van der Waals surface area contributed by atoms with Crippen LogP contribution in [0.5, 0.6) is 5.75 Å². The quantitative estimate of drug-likeness (QED) is 0.674. The van der Waals surface area contributed by atoms with E-state index in [0.29, 0.717) is 13.0 Å². The molecule has 1 heterocycles. The van der Waals surface area contributed by atoms with E-state index in [1.54, 1.807) is 0 Å². The van der Waals surface area contributed by atoms with E-state index < -0.39 is 0 Å². The number of nitrogens with one attached hydrogen (secondary N) is 1. The molecule has 0 unspecified atom stereocenters. The molecule has 5 heteroatoms. The predicted octanol–water partition coefficient (Wildman–Crippen LogP) is 3.25. The standard InChI is InChI=1S/C24H29ClN2O2/c1-20-19-22(11-12-23(20)25)29-18-6-10-24(28)27-16-14-26(15-17-27)13-5-9-21-7-3-2-4-8-21/h2-5,7-9,11-12,19H,6,10,13-18H2,1H3/p+1/b9-5+. The fourth-order valence-electron chi connectivity index (χ4n) is 3.48. The summed E-state index contributed by atoms with van der Waals surface area (Å²) in [7, 11) is 0. The van der Waals surface area contributed by atoms with Gasteiger partial charge >= 0.3 is 0 Å². The number of hydrogen-bond donors (Lipinski definition) is 1. The molecule has 0 atom stereocenters. The normalized spacial score (nSPS) is 15.0. The molecule has 1 fully saturated rings. The maximum Gasteiger partial charge on any atom is 0.223 e. The molecule has 1 amide bonds. The molecular weight excluding hydrogens is 384 g/mol. The van der Waals surface area contributed by atoms with Crippen LogP contribution in [0.3, 0.4) is 0 Å². The van der Waals surface area contributed by atoms with Crippen LogP contribution in [0.4, 0.5) is 0 Å². The molecule has 0 bridgehead atoms. The van der Waals surface area contributed by atoms with E-state index in [1.165, 1.54) is 10.5 Å². The second-order valence-electron chi connectivity index (χ2n) is 7.51. The summed E-state index contributed by atoms with van der Waals surface area (Å²) < 4.78 is 5.74. The monoisotopic (exact) mass is 413 g/mol. The molecular formula is C24H30ClN2O2+. The van der Waals surface area contributed by atoms with E-state index in [9.17, 15) is 4.79 Å². The number of piperazine rings is 1. The smallest absolute Gasteiger partial charge is 0.223 e. The average Bonchev–Trinajstić information content (AvgIpc) is 2.75. The molecule has 1 aliphatic rings. The van der Waals surface area contributed by atoms with E-state index in [1.807, 2.05) is 36.1 Å². The lowest BCUT2D eigenvalue weighted by molar-refractivity contribution is -0.898. The van der Waals surface area contributed by atoms with Crippen LogP contribution in [0.15, 0.2) is 54.6 Å². The fourth-order valence-corrected chi connectivity index (χ4v) is 3.60. The highest BCUT2D eigenvalue weighted by Crippen LogP contribution is 2.21. The Bertz CT molecular complexity index is 815. The number of hydrogen-bond acceptors (Lipinski definition) is 2. The van der Waals surface area contributed by atoms with Crippen LogP contribution in [-0.2, 0) is 4.79 Å². The van der Waals surface area contributed by atoms with Crippen LogP contribution in [0.1, 0.15) is 24.0 Å². The van der Waals surface area contributed by atoms with Gasteiger partial charge in [-0.15, -0.1) is 0 Å². The molecule has 1 aliphatic heterocycles. The van der Waals surface area contributed by atoms with Gasteiger partial charge in [0.15, 0.2) is 0 Å². The Morgan fingerprint density at radius 3 is 2.66 bits per heavy atom. The maximum absolute atomic E-state index is 12.4. The van der Waals surface area contributed by atoms with Gasteiger partial charge in [0.05, 0.1) is 39.3 Å². The van der Waals surface area contributed by atoms with Crippen molar-refractivity contribution in [3.05, 3.63) is 70.8 Å². The largest absolute Gasteiger partial charge is 0.494 e. The van der Waals surface area contributed by atoms with Crippen molar-refractivity contribution in [1.29, 1.82) is 0 Å². The molecule has 0 aromatic heterocycles. The van der Waals surface area contributed by atoms with Gasteiger partial charge in [-0.05, 0) is 48.7 Å². The van der Waals surface area contributed by atoms with Gasteiger partial charge in [0, 0.05) is 11.4 Å². The van der Waals surface area contributed by atoms with Gasteiger partial charge in [-0.1, -0.05) is 48.0 Å². The number of quaternary nitrogens is 1. The highest BCUT2D eigenvalue weighted by molar-refractivity contribution is 6.31. The molecule has 3 rings (SSSR count). The first-order chi connectivity index (χ1) is 14.1. The van der Waals surface area contributed by atoms with Gasteiger partial charge in [-0.2, -0.15) is 0 Å². The molecule has 29 heavy (non-hydrogen) atoms. The van der Waals surface area contributed by atoms with Crippen molar-refractivity contribution in [2.75, 3.05) is 39.3 Å². The summed E-state index contributed by atoms with van der Waals surface area (Å²) in [4.78, 5) is 16.0. The summed E-state index contributed by atoms with van der Waals surface area (Å²) in [5.41, 5.74) is 2.23. The third-order valence-electron chi connectivity index (χ3n) is 5.27. The highest BCUT2D eigenvalue weighted by Gasteiger charge is 2.22. The van der Waals surface area contributed by atoms with Gasteiger partial charge < -0.3 is 14.5 Å². The molecule has 2 aromatic rings. The Kier molecular flexibility index (Phi) is 8.14. The van der Waals surface area contributed by atoms with Crippen molar-refractivity contribution in [1.82, 2.24) is 4.90 Å². The molecule has 1 N–H and O–H groups in total. The first-order valence-electron chi connectivity index (χ1n) is 10.3. The van der Waals surface area contributed by atoms with Crippen molar-refractivity contribution in [2.45, 2.75) is 19.8 Å². The number of rotatable bonds is 8. The minimum Gasteiger partial charge on any atom is -0.494 e. The number of aryl methyl sites for hydroxylation is 1. The topological polar surface area (TPSA) is 34.0 Å². The van der Waals surface area contributed by atoms with Crippen molar-refractivity contribution < 1.29 is 14.4 Å². The zero-order chi connectivity index (χ0) is 20.5. The number of amides is 1. The molecule has 1 saturated heterocycles. The first kappa shape index (κ1) is 21.4. The van der Waals surface area contributed by atoms with Gasteiger partial charge in [0.2, 0.25) is 5.91 Å². The third-order valence-corrected chi connectivity index (χ3v) is 5.70. The second-order valence-corrected chi connectivity index (χ2v) is 7.92. The minimum atomic E-state index is 0.236. The molecule has 0 radical (unpaired) electrons. The first-order valence-corrected chi connectivity index (χ1v) is 10.7. The lowest BCUT2D eigenvalue weighted by Crippen LogP contribution is -3.14. The maximum atomic E-state index is 12.4. The van der Waals surface area contributed by atoms with Crippen molar-refractivity contribution >= 4 is 23.6 Å². The number of benzene rings is 2. The SMILES string of the molecule is Cc1cc(OCCCC(=O)N2CC[NH+](C/C=C/c3ccccc3)CC2)ccc1Cl. The molecule has 4 nitrogen and oxygen atoms in total. The highest BCUT2D eigenvalue weighted by atomic mass is 35.5. The summed E-state index contributed by atoms with van der Waals surface area (Å²) in [6.07, 6.45) is 5.67. The number of ether oxygens (including phenoxy) is 1. The van der Waals surface area contributed by atoms with Crippen LogP contribution >= 0.6 is 11.6 Å². The number of carbonyl (C=O) groups is 1.